The van der Waals surface area contributed by atoms with Gasteiger partial charge in [-0.2, -0.15) is 4.99 Å². The van der Waals surface area contributed by atoms with Crippen LogP contribution in [0.1, 0.15) is 13.3 Å². The van der Waals surface area contributed by atoms with Crippen LogP contribution in [0.15, 0.2) is 16.5 Å². The van der Waals surface area contributed by atoms with Gasteiger partial charge in [-0.1, -0.05) is 26.4 Å². The Morgan fingerprint density at radius 3 is 3.07 bits per heavy atom. The van der Waals surface area contributed by atoms with Gasteiger partial charge in [0.25, 0.3) is 0 Å². The van der Waals surface area contributed by atoms with Gasteiger partial charge in [0.1, 0.15) is 0 Å². The Morgan fingerprint density at radius 2 is 2.50 bits per heavy atom. The summed E-state index contributed by atoms with van der Waals surface area (Å²) in [5.74, 6) is 1.14. The maximum absolute atomic E-state index is 10.7. The summed E-state index contributed by atoms with van der Waals surface area (Å²) in [5, 5.41) is 2.17. The fourth-order valence-corrected chi connectivity index (χ4v) is 4.19. The molecular formula is C9H13NO2S2. The van der Waals surface area contributed by atoms with Crippen molar-refractivity contribution in [3.05, 3.63) is 11.5 Å². The minimum atomic E-state index is -0.543. The second-order valence-corrected chi connectivity index (χ2v) is 6.56. The molecule has 0 bridgehead atoms. The number of carbonyl (C=O) groups excluding carboxylic acids is 1. The molecule has 0 radical (unpaired) electrons. The van der Waals surface area contributed by atoms with E-state index >= 15 is 0 Å². The summed E-state index contributed by atoms with van der Waals surface area (Å²) in [6, 6.07) is 0. The molecule has 1 unspecified atom stereocenters. The van der Waals surface area contributed by atoms with E-state index in [0.717, 1.165) is 17.0 Å². The van der Waals surface area contributed by atoms with Gasteiger partial charge in [0.15, 0.2) is 0 Å². The quantitative estimate of drug-likeness (QED) is 0.396. The lowest BCUT2D eigenvalue weighted by Crippen LogP contribution is -1.99. The van der Waals surface area contributed by atoms with Gasteiger partial charge < -0.3 is 4.74 Å². The van der Waals surface area contributed by atoms with E-state index in [4.69, 9.17) is 0 Å². The van der Waals surface area contributed by atoms with Crippen LogP contribution in [-0.2, 0) is 4.74 Å². The summed E-state index contributed by atoms with van der Waals surface area (Å²) in [6.07, 6.45) is 4.36. The number of hydrogen-bond donors (Lipinski definition) is 0. The average molecular weight is 231 g/mol. The zero-order valence-corrected chi connectivity index (χ0v) is 9.86. The molecule has 0 saturated heterocycles. The lowest BCUT2D eigenvalue weighted by molar-refractivity contribution is 0.183. The fourth-order valence-electron chi connectivity index (χ4n) is 0.849. The van der Waals surface area contributed by atoms with Crippen LogP contribution in [0.25, 0.3) is 0 Å². The number of amides is 1. The number of methoxy groups -OCH3 is 1. The zero-order valence-electron chi connectivity index (χ0n) is 8.23. The highest BCUT2D eigenvalue weighted by molar-refractivity contribution is 8.85. The smallest absolute Gasteiger partial charge is 0.433 e. The number of hydrogen-bond acceptors (Lipinski definition) is 3. The molecule has 78 valence electrons. The SMILES string of the molecule is COC(=O)/N=C/C(C)=S1/C=CCCS1. The molecule has 0 spiro atoms. The lowest BCUT2D eigenvalue weighted by Gasteiger charge is -2.09. The molecule has 1 heterocycles. The Balaban J connectivity index is 2.67. The second kappa shape index (κ2) is 6.03. The molecule has 3 nitrogen and oxygen atoms in total. The highest BCUT2D eigenvalue weighted by Gasteiger charge is 2.01. The third-order valence-electron chi connectivity index (χ3n) is 1.56. The summed E-state index contributed by atoms with van der Waals surface area (Å²) in [5.41, 5.74) is 0. The first-order valence-electron chi connectivity index (χ1n) is 4.22. The molecule has 14 heavy (non-hydrogen) atoms. The topological polar surface area (TPSA) is 38.7 Å². The molecule has 1 aliphatic rings. The molecule has 0 saturated carbocycles. The molecule has 0 aromatic carbocycles. The minimum Gasteiger partial charge on any atom is -0.451 e. The van der Waals surface area contributed by atoms with Crippen LogP contribution in [0.5, 0.6) is 0 Å². The van der Waals surface area contributed by atoms with Crippen LogP contribution in [-0.4, -0.2) is 30.0 Å². The van der Waals surface area contributed by atoms with Gasteiger partial charge in [0, 0.05) is 16.8 Å². The van der Waals surface area contributed by atoms with E-state index in [1.54, 1.807) is 6.21 Å². The molecule has 0 aliphatic carbocycles. The Kier molecular flexibility index (Phi) is 4.97. The highest BCUT2D eigenvalue weighted by atomic mass is 33.1. The van der Waals surface area contributed by atoms with E-state index in [-0.39, 0.29) is 9.52 Å². The van der Waals surface area contributed by atoms with E-state index in [1.165, 1.54) is 7.11 Å². The van der Waals surface area contributed by atoms with Crippen LogP contribution < -0.4 is 0 Å². The Bertz CT molecular complexity index is 308. The molecule has 1 atom stereocenters. The lowest BCUT2D eigenvalue weighted by atomic mass is 10.5. The van der Waals surface area contributed by atoms with Crippen molar-refractivity contribution in [2.75, 3.05) is 12.9 Å². The van der Waals surface area contributed by atoms with Gasteiger partial charge in [-0.05, 0) is 18.8 Å². The summed E-state index contributed by atoms with van der Waals surface area (Å²) in [6.45, 7) is 1.98. The molecule has 1 amide bonds. The van der Waals surface area contributed by atoms with E-state index in [1.807, 2.05) is 17.7 Å². The first-order chi connectivity index (χ1) is 6.74. The predicted molar refractivity (Wildman–Crippen MR) is 65.4 cm³/mol. The Morgan fingerprint density at radius 1 is 1.71 bits per heavy atom. The number of rotatable bonds is 1. The zero-order chi connectivity index (χ0) is 10.4. The maximum atomic E-state index is 10.7. The van der Waals surface area contributed by atoms with Crippen molar-refractivity contribution in [3.8, 4) is 0 Å². The summed E-state index contributed by atoms with van der Waals surface area (Å²) in [4.78, 5) is 15.5. The molecule has 0 fully saturated rings. The average Bonchev–Trinajstić information content (AvgIpc) is 2.26. The molecule has 0 aromatic rings. The number of allylic oxidation sites excluding steroid dienone is 1. The third kappa shape index (κ3) is 3.67. The van der Waals surface area contributed by atoms with Gasteiger partial charge in [-0.25, -0.2) is 4.79 Å². The van der Waals surface area contributed by atoms with E-state index < -0.39 is 6.09 Å². The second-order valence-electron chi connectivity index (χ2n) is 2.62. The molecule has 5 heteroatoms. The van der Waals surface area contributed by atoms with Gasteiger partial charge >= 0.3 is 6.09 Å². The van der Waals surface area contributed by atoms with Crippen molar-refractivity contribution < 1.29 is 9.53 Å². The fraction of sp³-hybridized carbons (Fsp3) is 0.444. The van der Waals surface area contributed by atoms with Crippen molar-refractivity contribution in [2.45, 2.75) is 13.3 Å². The normalized spacial score (nSPS) is 22.4. The monoisotopic (exact) mass is 231 g/mol. The van der Waals surface area contributed by atoms with E-state index in [9.17, 15) is 4.79 Å². The molecular weight excluding hydrogens is 218 g/mol. The van der Waals surface area contributed by atoms with Gasteiger partial charge in [-0.15, -0.1) is 0 Å². The van der Waals surface area contributed by atoms with E-state index in [2.05, 4.69) is 21.2 Å². The maximum Gasteiger partial charge on any atom is 0.433 e. The van der Waals surface area contributed by atoms with Gasteiger partial charge in [0.05, 0.1) is 7.11 Å². The minimum absolute atomic E-state index is 0.0879. The Labute approximate surface area is 90.0 Å². The van der Waals surface area contributed by atoms with Gasteiger partial charge in [-0.3, -0.25) is 0 Å². The standard InChI is InChI=1S/C9H13NO2S2/c1-8(7-10-9(11)12-2)14-6-4-3-5-13-14/h4,6-7H,3,5H2,1-2H3/b10-7+. The molecule has 1 rings (SSSR count). The number of carbonyl (C=O) groups is 1. The summed E-state index contributed by atoms with van der Waals surface area (Å²) in [7, 11) is 3.30. The highest BCUT2D eigenvalue weighted by Crippen LogP contribution is 2.37. The van der Waals surface area contributed by atoms with E-state index in [0.29, 0.717) is 0 Å². The first-order valence-corrected chi connectivity index (χ1v) is 7.01. The molecule has 0 N–H and O–H groups in total. The van der Waals surface area contributed by atoms with Crippen molar-refractivity contribution in [2.24, 2.45) is 4.99 Å². The predicted octanol–water partition coefficient (Wildman–Crippen LogP) is 2.85. The summed E-state index contributed by atoms with van der Waals surface area (Å²) >= 11 is 0. The van der Waals surface area contributed by atoms with Crippen LogP contribution >= 0.6 is 20.3 Å². The summed E-state index contributed by atoms with van der Waals surface area (Å²) < 4.78 is 4.42. The van der Waals surface area contributed by atoms with Crippen LogP contribution in [0, 0.1) is 0 Å². The van der Waals surface area contributed by atoms with Crippen molar-refractivity contribution >= 4 is 37.5 Å². The van der Waals surface area contributed by atoms with Crippen molar-refractivity contribution in [1.82, 2.24) is 0 Å². The molecule has 1 aliphatic heterocycles. The third-order valence-corrected chi connectivity index (χ3v) is 5.78. The number of ether oxygens (including phenoxy) is 1. The number of nitrogens with zero attached hydrogens (tertiary/aromatic N) is 1. The van der Waals surface area contributed by atoms with Crippen molar-refractivity contribution in [3.63, 3.8) is 0 Å². The van der Waals surface area contributed by atoms with Crippen LogP contribution in [0.4, 0.5) is 4.79 Å². The first kappa shape index (κ1) is 11.5. The number of aliphatic imine (C=N–C) groups is 1. The Hall–Kier alpha value is -0.550. The van der Waals surface area contributed by atoms with Crippen molar-refractivity contribution in [1.29, 1.82) is 0 Å². The van der Waals surface area contributed by atoms with Crippen LogP contribution in [0.3, 0.4) is 0 Å². The van der Waals surface area contributed by atoms with Gasteiger partial charge in [0.2, 0.25) is 0 Å². The largest absolute Gasteiger partial charge is 0.451 e. The molecule has 0 aromatic heterocycles. The van der Waals surface area contributed by atoms with Crippen LogP contribution in [0.2, 0.25) is 0 Å².